The van der Waals surface area contributed by atoms with Crippen LogP contribution in [-0.2, 0) is 10.9 Å². The third kappa shape index (κ3) is 5.71. The Morgan fingerprint density at radius 2 is 1.76 bits per heavy atom. The monoisotopic (exact) mass is 408 g/mol. The Hall–Kier alpha value is -2.58. The number of anilines is 1. The molecule has 29 heavy (non-hydrogen) atoms. The lowest BCUT2D eigenvalue weighted by atomic mass is 9.98. The molecule has 156 valence electrons. The van der Waals surface area contributed by atoms with Gasteiger partial charge in [-0.2, -0.15) is 13.2 Å². The molecular formula is C21H25F3N3O2+. The summed E-state index contributed by atoms with van der Waals surface area (Å²) in [6.07, 6.45) is -4.46. The minimum absolute atomic E-state index is 0.00681. The third-order valence-electron chi connectivity index (χ3n) is 5.04. The van der Waals surface area contributed by atoms with E-state index < -0.39 is 17.8 Å². The number of hydrogen-bond acceptors (Lipinski definition) is 2. The summed E-state index contributed by atoms with van der Waals surface area (Å²) in [5.74, 6) is 0. The molecule has 0 aromatic heterocycles. The number of carbonyl (C=O) groups is 1. The first-order chi connectivity index (χ1) is 13.8. The van der Waals surface area contributed by atoms with Crippen molar-refractivity contribution in [2.75, 3.05) is 31.6 Å². The van der Waals surface area contributed by atoms with Gasteiger partial charge in [-0.05, 0) is 25.1 Å². The minimum atomic E-state index is -4.46. The molecule has 2 atom stereocenters. The fourth-order valence-corrected chi connectivity index (χ4v) is 3.71. The predicted molar refractivity (Wildman–Crippen MR) is 104 cm³/mol. The Labute approximate surface area is 167 Å². The topological polar surface area (TPSA) is 54.8 Å². The Morgan fingerprint density at radius 3 is 2.41 bits per heavy atom. The molecule has 3 rings (SSSR count). The smallest absolute Gasteiger partial charge is 0.370 e. The number of hydrogen-bond donors (Lipinski definition) is 3. The van der Waals surface area contributed by atoms with Gasteiger partial charge in [-0.25, -0.2) is 4.79 Å². The van der Waals surface area contributed by atoms with Crippen molar-refractivity contribution in [2.24, 2.45) is 0 Å². The first-order valence-corrected chi connectivity index (χ1v) is 9.56. The van der Waals surface area contributed by atoms with Gasteiger partial charge in [-0.3, -0.25) is 0 Å². The van der Waals surface area contributed by atoms with Crippen molar-refractivity contribution in [3.63, 3.8) is 0 Å². The summed E-state index contributed by atoms with van der Waals surface area (Å²) in [5, 5.41) is 5.40. The van der Waals surface area contributed by atoms with Gasteiger partial charge < -0.3 is 20.3 Å². The Balaban J connectivity index is 1.70. The molecular weight excluding hydrogens is 383 g/mol. The van der Waals surface area contributed by atoms with Crippen LogP contribution in [0.4, 0.5) is 23.7 Å². The fourth-order valence-electron chi connectivity index (χ4n) is 3.71. The van der Waals surface area contributed by atoms with Crippen molar-refractivity contribution < 1.29 is 27.6 Å². The van der Waals surface area contributed by atoms with E-state index in [2.05, 4.69) is 10.6 Å². The van der Waals surface area contributed by atoms with Crippen molar-refractivity contribution in [2.45, 2.75) is 25.2 Å². The predicted octanol–water partition coefficient (Wildman–Crippen LogP) is 2.87. The molecule has 2 amide bonds. The number of nitrogens with one attached hydrogen (secondary N) is 3. The standard InChI is InChI=1S/C21H24F3N3O2/c1-15(19(16-6-3-2-4-7-16)27-10-12-29-13-11-27)25-20(28)26-18-9-5-8-17(14-18)21(22,23)24/h2-9,14-15,19H,10-13H2,1H3,(H2,25,26,28)/p+1/t15-,19-/m0/s1. The average molecular weight is 408 g/mol. The Bertz CT molecular complexity index is 808. The number of urea groups is 1. The van der Waals surface area contributed by atoms with Crippen LogP contribution in [0.15, 0.2) is 54.6 Å². The number of quaternary nitrogens is 1. The maximum Gasteiger partial charge on any atom is 0.416 e. The number of carbonyl (C=O) groups excluding carboxylic acids is 1. The first kappa shape index (κ1) is 21.1. The molecule has 3 N–H and O–H groups in total. The molecule has 1 aliphatic rings. The van der Waals surface area contributed by atoms with Crippen molar-refractivity contribution >= 4 is 11.7 Å². The molecule has 0 unspecified atom stereocenters. The first-order valence-electron chi connectivity index (χ1n) is 9.56. The van der Waals surface area contributed by atoms with Gasteiger partial charge in [0.25, 0.3) is 0 Å². The van der Waals surface area contributed by atoms with Crippen LogP contribution >= 0.6 is 0 Å². The average Bonchev–Trinajstić information content (AvgIpc) is 2.69. The zero-order chi connectivity index (χ0) is 20.9. The van der Waals surface area contributed by atoms with Gasteiger partial charge in [0.1, 0.15) is 19.1 Å². The Kier molecular flexibility index (Phi) is 6.76. The highest BCUT2D eigenvalue weighted by atomic mass is 19.4. The van der Waals surface area contributed by atoms with E-state index >= 15 is 0 Å². The normalized spacial score (nSPS) is 17.4. The van der Waals surface area contributed by atoms with Crippen molar-refractivity contribution in [3.05, 3.63) is 65.7 Å². The number of ether oxygens (including phenoxy) is 1. The van der Waals surface area contributed by atoms with Crippen molar-refractivity contribution in [1.29, 1.82) is 0 Å². The van der Waals surface area contributed by atoms with Gasteiger partial charge >= 0.3 is 12.2 Å². The number of amides is 2. The number of halogens is 3. The summed E-state index contributed by atoms with van der Waals surface area (Å²) in [5.41, 5.74) is 0.388. The molecule has 1 fully saturated rings. The summed E-state index contributed by atoms with van der Waals surface area (Å²) >= 11 is 0. The van der Waals surface area contributed by atoms with Crippen LogP contribution in [-0.4, -0.2) is 38.4 Å². The summed E-state index contributed by atoms with van der Waals surface area (Å²) in [7, 11) is 0. The Morgan fingerprint density at radius 1 is 1.07 bits per heavy atom. The molecule has 0 spiro atoms. The van der Waals surface area contributed by atoms with E-state index in [1.54, 1.807) is 0 Å². The van der Waals surface area contributed by atoms with Gasteiger partial charge in [0, 0.05) is 11.3 Å². The van der Waals surface area contributed by atoms with E-state index in [-0.39, 0.29) is 17.8 Å². The highest BCUT2D eigenvalue weighted by Gasteiger charge is 2.33. The molecule has 5 nitrogen and oxygen atoms in total. The summed E-state index contributed by atoms with van der Waals surface area (Å²) in [4.78, 5) is 13.8. The van der Waals surface area contributed by atoms with Crippen molar-refractivity contribution in [1.82, 2.24) is 5.32 Å². The summed E-state index contributed by atoms with van der Waals surface area (Å²) in [6.45, 7) is 4.86. The molecule has 2 aromatic carbocycles. The largest absolute Gasteiger partial charge is 0.416 e. The van der Waals surface area contributed by atoms with E-state index in [4.69, 9.17) is 4.74 Å². The number of alkyl halides is 3. The molecule has 8 heteroatoms. The third-order valence-corrected chi connectivity index (χ3v) is 5.04. The van der Waals surface area contributed by atoms with Gasteiger partial charge in [0.2, 0.25) is 0 Å². The van der Waals surface area contributed by atoms with Crippen LogP contribution in [0.2, 0.25) is 0 Å². The number of morpholine rings is 1. The van der Waals surface area contributed by atoms with Gasteiger partial charge in [0.15, 0.2) is 0 Å². The SMILES string of the molecule is C[C@H](NC(=O)Nc1cccc(C(F)(F)F)c1)[C@@H](c1ccccc1)[NH+]1CCOCC1. The lowest BCUT2D eigenvalue weighted by Crippen LogP contribution is -3.15. The van der Waals surface area contributed by atoms with Crippen LogP contribution in [0.1, 0.15) is 24.1 Å². The van der Waals surface area contributed by atoms with Crippen LogP contribution in [0.5, 0.6) is 0 Å². The van der Waals surface area contributed by atoms with Gasteiger partial charge in [-0.15, -0.1) is 0 Å². The molecule has 0 aliphatic carbocycles. The van der Waals surface area contributed by atoms with Crippen LogP contribution < -0.4 is 15.5 Å². The highest BCUT2D eigenvalue weighted by Crippen LogP contribution is 2.30. The zero-order valence-electron chi connectivity index (χ0n) is 16.1. The number of rotatable bonds is 5. The number of benzene rings is 2. The van der Waals surface area contributed by atoms with E-state index in [0.717, 1.165) is 30.8 Å². The maximum atomic E-state index is 12.9. The highest BCUT2D eigenvalue weighted by molar-refractivity contribution is 5.89. The summed E-state index contributed by atoms with van der Waals surface area (Å²) < 4.78 is 44.1. The molecule has 0 radical (unpaired) electrons. The second kappa shape index (κ2) is 9.28. The second-order valence-corrected chi connectivity index (χ2v) is 7.12. The van der Waals surface area contributed by atoms with Gasteiger partial charge in [-0.1, -0.05) is 36.4 Å². The quantitative estimate of drug-likeness (QED) is 0.713. The molecule has 1 aliphatic heterocycles. The molecule has 2 aromatic rings. The second-order valence-electron chi connectivity index (χ2n) is 7.12. The minimum Gasteiger partial charge on any atom is -0.370 e. The van der Waals surface area contributed by atoms with Crippen molar-refractivity contribution in [3.8, 4) is 0 Å². The fraction of sp³-hybridized carbons (Fsp3) is 0.381. The maximum absolute atomic E-state index is 12.9. The van der Waals surface area contributed by atoms with E-state index in [9.17, 15) is 18.0 Å². The molecule has 1 heterocycles. The van der Waals surface area contributed by atoms with E-state index in [0.29, 0.717) is 13.2 Å². The lowest BCUT2D eigenvalue weighted by Gasteiger charge is -2.35. The van der Waals surface area contributed by atoms with Crippen LogP contribution in [0, 0.1) is 0 Å². The van der Waals surface area contributed by atoms with E-state index in [1.807, 2.05) is 37.3 Å². The molecule has 0 bridgehead atoms. The lowest BCUT2D eigenvalue weighted by molar-refractivity contribution is -0.940. The van der Waals surface area contributed by atoms with Crippen LogP contribution in [0.25, 0.3) is 0 Å². The summed E-state index contributed by atoms with van der Waals surface area (Å²) in [6, 6.07) is 13.7. The zero-order valence-corrected chi connectivity index (χ0v) is 16.1. The molecule has 1 saturated heterocycles. The van der Waals surface area contributed by atoms with Gasteiger partial charge in [0.05, 0.1) is 24.8 Å². The van der Waals surface area contributed by atoms with Crippen LogP contribution in [0.3, 0.4) is 0 Å². The van der Waals surface area contributed by atoms with E-state index in [1.165, 1.54) is 17.0 Å². The molecule has 0 saturated carbocycles.